The van der Waals surface area contributed by atoms with Gasteiger partial charge in [-0.2, -0.15) is 0 Å². The summed E-state index contributed by atoms with van der Waals surface area (Å²) in [6.45, 7) is 21.1. The Labute approximate surface area is 348 Å². The van der Waals surface area contributed by atoms with Gasteiger partial charge >= 0.3 is 13.8 Å². The minimum Gasteiger partial charge on any atom is -0.460 e. The number of esters is 1. The fraction of sp³-hybridized carbons (Fsp3) is 0.644. The van der Waals surface area contributed by atoms with Crippen molar-refractivity contribution in [2.24, 2.45) is 0 Å². The summed E-state index contributed by atoms with van der Waals surface area (Å²) in [4.78, 5) is 56.6. The molecule has 3 amide bonds. The lowest BCUT2D eigenvalue weighted by Gasteiger charge is -2.30. The molecule has 0 spiro atoms. The van der Waals surface area contributed by atoms with Crippen LogP contribution in [-0.4, -0.2) is 70.6 Å². The number of nitrogens with one attached hydrogen (secondary N) is 2. The second kappa shape index (κ2) is 23.8. The van der Waals surface area contributed by atoms with Crippen LogP contribution in [0.4, 0.5) is 0 Å². The van der Waals surface area contributed by atoms with Crippen molar-refractivity contribution >= 4 is 31.5 Å². The van der Waals surface area contributed by atoms with Crippen LogP contribution in [0.15, 0.2) is 54.6 Å². The molecule has 2 atom stereocenters. The number of carbonyl (C=O) groups is 4. The number of hydrogen-bond acceptors (Lipinski definition) is 9. The molecule has 0 aliphatic rings. The Morgan fingerprint density at radius 3 is 1.72 bits per heavy atom. The van der Waals surface area contributed by atoms with Crippen molar-refractivity contribution in [3.05, 3.63) is 65.7 Å². The number of ether oxygens (including phenoxy) is 1. The number of hydrogen-bond donors (Lipinski definition) is 2. The van der Waals surface area contributed by atoms with Crippen molar-refractivity contribution in [1.82, 2.24) is 15.5 Å². The Balaban J connectivity index is 2.44. The number of carbonyl (C=O) groups excluding carboxylic acids is 4. The molecule has 326 valence electrons. The average molecular weight is 830 g/mol. The monoisotopic (exact) mass is 830 g/mol. The van der Waals surface area contributed by atoms with E-state index in [4.69, 9.17) is 18.3 Å². The van der Waals surface area contributed by atoms with Crippen LogP contribution in [0.5, 0.6) is 5.75 Å². The number of benzene rings is 2. The minimum absolute atomic E-state index is 0.0333. The summed E-state index contributed by atoms with van der Waals surface area (Å²) in [6, 6.07) is 14.1. The van der Waals surface area contributed by atoms with Crippen molar-refractivity contribution in [2.75, 3.05) is 13.1 Å². The van der Waals surface area contributed by atoms with Crippen molar-refractivity contribution < 1.29 is 42.1 Å². The number of nitrogens with zero attached hydrogens (tertiary/aromatic N) is 1. The smallest absolute Gasteiger partial charge is 0.460 e. The standard InChI is InChI=1S/C45H72N3O9P/c1-12-14-19-31-48(32-20-15-13-2)42(52)37(28-30-40(50)54-43(3,4)5)47-41(51)38(46-39(49)29-25-34-21-17-16-18-22-34)33-35-23-26-36(27-24-35)55-58(53,56-44(6,7)8)57-45(9,10)11/h16-18,21-24,26-27,37-38H,12-15,19-20,25,28-33H2,1-11H3,(H,46,49)(H,47,51)/t37-,38-/m0/s1. The molecular weight excluding hydrogens is 757 g/mol. The van der Waals surface area contributed by atoms with Crippen molar-refractivity contribution in [3.63, 3.8) is 0 Å². The lowest BCUT2D eigenvalue weighted by Crippen LogP contribution is -2.55. The fourth-order valence-corrected chi connectivity index (χ4v) is 7.83. The van der Waals surface area contributed by atoms with Crippen LogP contribution in [0, 0.1) is 0 Å². The van der Waals surface area contributed by atoms with E-state index in [0.717, 1.165) is 44.1 Å². The molecular formula is C45H72N3O9P. The lowest BCUT2D eigenvalue weighted by molar-refractivity contribution is -0.155. The molecule has 0 radical (unpaired) electrons. The van der Waals surface area contributed by atoms with Gasteiger partial charge in [0.05, 0.1) is 11.2 Å². The topological polar surface area (TPSA) is 150 Å². The van der Waals surface area contributed by atoms with Crippen LogP contribution >= 0.6 is 7.82 Å². The summed E-state index contributed by atoms with van der Waals surface area (Å²) in [5.74, 6) is -1.39. The van der Waals surface area contributed by atoms with Gasteiger partial charge in [-0.3, -0.25) is 28.2 Å². The maximum Gasteiger partial charge on any atom is 0.531 e. The fourth-order valence-electron chi connectivity index (χ4n) is 6.00. The SMILES string of the molecule is CCCCCN(CCCCC)C(=O)[C@H](CCC(=O)OC(C)(C)C)NC(=O)[C@H](Cc1ccc(OP(=O)(OC(C)(C)C)OC(C)(C)C)cc1)NC(=O)CCc1ccccc1. The highest BCUT2D eigenvalue weighted by atomic mass is 31.2. The summed E-state index contributed by atoms with van der Waals surface area (Å²) in [7, 11) is -4.06. The number of phosphoric acid groups is 1. The highest BCUT2D eigenvalue weighted by molar-refractivity contribution is 7.49. The number of unbranched alkanes of at least 4 members (excludes halogenated alkanes) is 4. The van der Waals surface area contributed by atoms with E-state index in [1.807, 2.05) is 30.3 Å². The molecule has 0 fully saturated rings. The third kappa shape index (κ3) is 21.3. The summed E-state index contributed by atoms with van der Waals surface area (Å²) in [6.07, 6.45) is 6.17. The summed E-state index contributed by atoms with van der Waals surface area (Å²) < 4.78 is 36.6. The van der Waals surface area contributed by atoms with E-state index >= 15 is 0 Å². The van der Waals surface area contributed by atoms with Gasteiger partial charge in [-0.25, -0.2) is 4.57 Å². The molecule has 12 nitrogen and oxygen atoms in total. The molecule has 2 aromatic rings. The largest absolute Gasteiger partial charge is 0.531 e. The predicted molar refractivity (Wildman–Crippen MR) is 229 cm³/mol. The van der Waals surface area contributed by atoms with Gasteiger partial charge in [-0.1, -0.05) is 82.0 Å². The van der Waals surface area contributed by atoms with E-state index in [-0.39, 0.29) is 43.2 Å². The highest BCUT2D eigenvalue weighted by Crippen LogP contribution is 2.55. The zero-order valence-electron chi connectivity index (χ0n) is 37.1. The first-order valence-electron chi connectivity index (χ1n) is 21.0. The van der Waals surface area contributed by atoms with Crippen molar-refractivity contribution in [1.29, 1.82) is 0 Å². The molecule has 13 heteroatoms. The van der Waals surface area contributed by atoms with Gasteiger partial charge in [0.25, 0.3) is 0 Å². The average Bonchev–Trinajstić information content (AvgIpc) is 3.10. The lowest BCUT2D eigenvalue weighted by atomic mass is 10.0. The normalized spacial score (nSPS) is 13.3. The molecule has 0 saturated heterocycles. The molecule has 0 aliphatic carbocycles. The molecule has 2 aromatic carbocycles. The van der Waals surface area contributed by atoms with Gasteiger partial charge in [-0.05, 0) is 111 Å². The van der Waals surface area contributed by atoms with Gasteiger partial charge < -0.3 is 24.8 Å². The van der Waals surface area contributed by atoms with Gasteiger partial charge in [-0.15, -0.1) is 0 Å². The zero-order chi connectivity index (χ0) is 43.6. The van der Waals surface area contributed by atoms with Crippen LogP contribution in [0.25, 0.3) is 0 Å². The van der Waals surface area contributed by atoms with Gasteiger partial charge in [0.1, 0.15) is 23.4 Å². The van der Waals surface area contributed by atoms with Crippen molar-refractivity contribution in [3.8, 4) is 5.75 Å². The van der Waals surface area contributed by atoms with Crippen LogP contribution < -0.4 is 15.2 Å². The number of rotatable bonds is 24. The minimum atomic E-state index is -4.06. The van der Waals surface area contributed by atoms with E-state index in [2.05, 4.69) is 24.5 Å². The molecule has 0 unspecified atom stereocenters. The molecule has 0 aliphatic heterocycles. The van der Waals surface area contributed by atoms with Crippen LogP contribution in [0.2, 0.25) is 0 Å². The maximum absolute atomic E-state index is 14.3. The van der Waals surface area contributed by atoms with E-state index in [9.17, 15) is 23.7 Å². The second-order valence-corrected chi connectivity index (χ2v) is 19.3. The van der Waals surface area contributed by atoms with Gasteiger partial charge in [0.15, 0.2) is 0 Å². The first-order chi connectivity index (χ1) is 27.0. The predicted octanol–water partition coefficient (Wildman–Crippen LogP) is 9.28. The Morgan fingerprint density at radius 1 is 0.672 bits per heavy atom. The summed E-state index contributed by atoms with van der Waals surface area (Å²) in [5.41, 5.74) is -0.714. The molecule has 58 heavy (non-hydrogen) atoms. The molecule has 0 bridgehead atoms. The first-order valence-corrected chi connectivity index (χ1v) is 22.4. The molecule has 2 N–H and O–H groups in total. The Hall–Kier alpha value is -3.73. The third-order valence-electron chi connectivity index (χ3n) is 8.53. The third-order valence-corrected chi connectivity index (χ3v) is 10.5. The first kappa shape index (κ1) is 50.4. The van der Waals surface area contributed by atoms with Crippen LogP contribution in [0.3, 0.4) is 0 Å². The number of aryl methyl sites for hydroxylation is 1. The zero-order valence-corrected chi connectivity index (χ0v) is 38.0. The van der Waals surface area contributed by atoms with Crippen LogP contribution in [-0.2, 0) is 50.4 Å². The van der Waals surface area contributed by atoms with Gasteiger partial charge in [0, 0.05) is 32.4 Å². The quantitative estimate of drug-likeness (QED) is 0.0600. The highest BCUT2D eigenvalue weighted by Gasteiger charge is 2.39. The molecule has 0 aromatic heterocycles. The molecule has 2 rings (SSSR count). The molecule has 0 heterocycles. The summed E-state index contributed by atoms with van der Waals surface area (Å²) >= 11 is 0. The second-order valence-electron chi connectivity index (χ2n) is 17.8. The number of amides is 3. The van der Waals surface area contributed by atoms with Crippen molar-refractivity contribution in [2.45, 2.75) is 176 Å². The van der Waals surface area contributed by atoms with Gasteiger partial charge in [0.2, 0.25) is 17.7 Å². The Bertz CT molecular complexity index is 1580. The Kier molecular flexibility index (Phi) is 20.6. The van der Waals surface area contributed by atoms with Crippen LogP contribution in [0.1, 0.15) is 145 Å². The van der Waals surface area contributed by atoms with E-state index in [1.54, 1.807) is 91.5 Å². The summed E-state index contributed by atoms with van der Waals surface area (Å²) in [5, 5.41) is 5.84. The number of phosphoric ester groups is 1. The van der Waals surface area contributed by atoms with E-state index < -0.39 is 48.6 Å². The molecule has 0 saturated carbocycles. The Morgan fingerprint density at radius 2 is 1.22 bits per heavy atom. The van der Waals surface area contributed by atoms with E-state index in [1.165, 1.54) is 0 Å². The van der Waals surface area contributed by atoms with E-state index in [0.29, 0.717) is 25.1 Å². The maximum atomic E-state index is 14.3.